The minimum absolute atomic E-state index is 0.0119. The van der Waals surface area contributed by atoms with E-state index in [4.69, 9.17) is 4.98 Å². The van der Waals surface area contributed by atoms with Gasteiger partial charge >= 0.3 is 0 Å². The molecule has 1 aliphatic rings. The summed E-state index contributed by atoms with van der Waals surface area (Å²) in [6.45, 7) is 2.97. The van der Waals surface area contributed by atoms with Crippen LogP contribution in [-0.2, 0) is 0 Å². The molecule has 34 heavy (non-hydrogen) atoms. The smallest absolute Gasteiger partial charge is 0.271 e. The predicted octanol–water partition coefficient (Wildman–Crippen LogP) is 5.54. The number of hydrogen-bond donors (Lipinski definition) is 3. The van der Waals surface area contributed by atoms with Gasteiger partial charge in [-0.15, -0.1) is 0 Å². The van der Waals surface area contributed by atoms with Crippen molar-refractivity contribution in [3.8, 4) is 11.3 Å². The van der Waals surface area contributed by atoms with Gasteiger partial charge in [-0.05, 0) is 25.3 Å². The Morgan fingerprint density at radius 3 is 2.76 bits per heavy atom. The molecule has 0 bridgehead atoms. The van der Waals surface area contributed by atoms with E-state index in [1.807, 2.05) is 0 Å². The van der Waals surface area contributed by atoms with Crippen LogP contribution in [0.1, 0.15) is 51.9 Å². The van der Waals surface area contributed by atoms with Crippen LogP contribution < -0.4 is 16.0 Å². The van der Waals surface area contributed by atoms with Crippen LogP contribution >= 0.6 is 0 Å². The van der Waals surface area contributed by atoms with E-state index in [9.17, 15) is 10.1 Å². The summed E-state index contributed by atoms with van der Waals surface area (Å²) in [5, 5.41) is 21.1. The SMILES string of the molecule is CCCCNc1ncc(-c2cc(Nc3cccc([N+](=O)[O-])c3)ncn2)c(NC2CCCCC2)n1. The molecule has 3 aromatic rings. The highest BCUT2D eigenvalue weighted by molar-refractivity contribution is 5.75. The number of rotatable bonds is 10. The van der Waals surface area contributed by atoms with Gasteiger partial charge < -0.3 is 16.0 Å². The molecule has 1 aliphatic carbocycles. The lowest BCUT2D eigenvalue weighted by molar-refractivity contribution is -0.384. The lowest BCUT2D eigenvalue weighted by atomic mass is 9.95. The second-order valence-electron chi connectivity index (χ2n) is 8.44. The molecule has 1 aromatic carbocycles. The highest BCUT2D eigenvalue weighted by Crippen LogP contribution is 2.30. The van der Waals surface area contributed by atoms with Crippen molar-refractivity contribution in [1.82, 2.24) is 19.9 Å². The number of nitro benzene ring substituents is 1. The molecule has 4 rings (SSSR count). The lowest BCUT2D eigenvalue weighted by Crippen LogP contribution is -2.23. The average Bonchev–Trinajstić information content (AvgIpc) is 2.85. The van der Waals surface area contributed by atoms with Gasteiger partial charge in [-0.3, -0.25) is 10.1 Å². The first-order chi connectivity index (χ1) is 16.6. The highest BCUT2D eigenvalue weighted by Gasteiger charge is 2.18. The van der Waals surface area contributed by atoms with E-state index in [0.29, 0.717) is 29.2 Å². The number of nitro groups is 1. The maximum absolute atomic E-state index is 11.1. The van der Waals surface area contributed by atoms with Crippen molar-refractivity contribution in [3.05, 3.63) is 53.0 Å². The quantitative estimate of drug-likeness (QED) is 0.202. The number of benzene rings is 1. The van der Waals surface area contributed by atoms with Crippen molar-refractivity contribution >= 4 is 29.0 Å². The van der Waals surface area contributed by atoms with Gasteiger partial charge in [-0.1, -0.05) is 38.7 Å². The second kappa shape index (κ2) is 11.4. The fourth-order valence-corrected chi connectivity index (χ4v) is 4.00. The molecule has 0 saturated heterocycles. The summed E-state index contributed by atoms with van der Waals surface area (Å²) in [7, 11) is 0. The molecule has 0 spiro atoms. The number of nitrogens with one attached hydrogen (secondary N) is 3. The van der Waals surface area contributed by atoms with Crippen LogP contribution in [0.4, 0.5) is 29.0 Å². The third-order valence-corrected chi connectivity index (χ3v) is 5.82. The maximum atomic E-state index is 11.1. The van der Waals surface area contributed by atoms with E-state index in [2.05, 4.69) is 37.8 Å². The maximum Gasteiger partial charge on any atom is 0.271 e. The molecule has 0 aliphatic heterocycles. The van der Waals surface area contributed by atoms with Crippen LogP contribution in [0, 0.1) is 10.1 Å². The first kappa shape index (κ1) is 23.3. The third-order valence-electron chi connectivity index (χ3n) is 5.82. The Labute approximate surface area is 198 Å². The number of nitrogens with zero attached hydrogens (tertiary/aromatic N) is 5. The van der Waals surface area contributed by atoms with Crippen LogP contribution in [0.15, 0.2) is 42.9 Å². The van der Waals surface area contributed by atoms with Crippen molar-refractivity contribution < 1.29 is 4.92 Å². The van der Waals surface area contributed by atoms with E-state index in [1.54, 1.807) is 24.4 Å². The van der Waals surface area contributed by atoms with E-state index in [1.165, 1.54) is 37.7 Å². The fourth-order valence-electron chi connectivity index (χ4n) is 4.00. The van der Waals surface area contributed by atoms with Gasteiger partial charge in [0.25, 0.3) is 5.69 Å². The van der Waals surface area contributed by atoms with Crippen molar-refractivity contribution in [2.24, 2.45) is 0 Å². The normalized spacial score (nSPS) is 13.9. The highest BCUT2D eigenvalue weighted by atomic mass is 16.6. The molecular weight excluding hydrogens is 432 g/mol. The van der Waals surface area contributed by atoms with Gasteiger partial charge in [-0.25, -0.2) is 15.0 Å². The molecule has 10 nitrogen and oxygen atoms in total. The molecule has 0 atom stereocenters. The Hall–Kier alpha value is -3.82. The molecule has 1 fully saturated rings. The largest absolute Gasteiger partial charge is 0.367 e. The monoisotopic (exact) mass is 462 g/mol. The van der Waals surface area contributed by atoms with Gasteiger partial charge in [-0.2, -0.15) is 4.98 Å². The number of hydrogen-bond acceptors (Lipinski definition) is 9. The van der Waals surface area contributed by atoms with Crippen molar-refractivity contribution in [2.45, 2.75) is 57.9 Å². The zero-order chi connectivity index (χ0) is 23.8. The minimum Gasteiger partial charge on any atom is -0.367 e. The number of unbranched alkanes of at least 4 members (excludes halogenated alkanes) is 1. The Kier molecular flexibility index (Phi) is 7.79. The van der Waals surface area contributed by atoms with Crippen LogP contribution in [0.5, 0.6) is 0 Å². The number of non-ortho nitro benzene ring substituents is 1. The van der Waals surface area contributed by atoms with Crippen LogP contribution in [-0.4, -0.2) is 37.4 Å². The summed E-state index contributed by atoms with van der Waals surface area (Å²) in [4.78, 5) is 28.7. The van der Waals surface area contributed by atoms with E-state index in [0.717, 1.165) is 43.6 Å². The minimum atomic E-state index is -0.423. The zero-order valence-electron chi connectivity index (χ0n) is 19.3. The summed E-state index contributed by atoms with van der Waals surface area (Å²) in [6.07, 6.45) is 11.3. The average molecular weight is 463 g/mol. The fraction of sp³-hybridized carbons (Fsp3) is 0.417. The molecule has 178 valence electrons. The molecule has 3 N–H and O–H groups in total. The zero-order valence-corrected chi connectivity index (χ0v) is 19.3. The molecular formula is C24H30N8O2. The number of anilines is 4. The molecule has 2 aromatic heterocycles. The van der Waals surface area contributed by atoms with Crippen LogP contribution in [0.25, 0.3) is 11.3 Å². The Morgan fingerprint density at radius 2 is 1.97 bits per heavy atom. The topological polar surface area (TPSA) is 131 Å². The molecule has 0 radical (unpaired) electrons. The lowest BCUT2D eigenvalue weighted by Gasteiger charge is -2.24. The van der Waals surface area contributed by atoms with Gasteiger partial charge in [0, 0.05) is 42.7 Å². The first-order valence-corrected chi connectivity index (χ1v) is 11.8. The standard InChI is InChI=1S/C24H30N8O2/c1-2-3-12-25-24-26-15-20(23(31-24)30-17-8-5-4-6-9-17)21-14-22(28-16-27-21)29-18-10-7-11-19(13-18)32(33)34/h7,10-11,13-17H,2-6,8-9,12H2,1H3,(H,27,28,29)(H2,25,26,30,31). The summed E-state index contributed by atoms with van der Waals surface area (Å²) >= 11 is 0. The van der Waals surface area contributed by atoms with Crippen molar-refractivity contribution in [2.75, 3.05) is 22.5 Å². The van der Waals surface area contributed by atoms with E-state index >= 15 is 0 Å². The third kappa shape index (κ3) is 6.15. The van der Waals surface area contributed by atoms with E-state index in [-0.39, 0.29) is 5.69 Å². The molecule has 2 heterocycles. The molecule has 0 amide bonds. The summed E-state index contributed by atoms with van der Waals surface area (Å²) < 4.78 is 0. The Bertz CT molecular complexity index is 1120. The van der Waals surface area contributed by atoms with Gasteiger partial charge in [0.05, 0.1) is 16.2 Å². The van der Waals surface area contributed by atoms with Crippen molar-refractivity contribution in [3.63, 3.8) is 0 Å². The summed E-state index contributed by atoms with van der Waals surface area (Å²) in [6, 6.07) is 8.48. The predicted molar refractivity (Wildman–Crippen MR) is 133 cm³/mol. The van der Waals surface area contributed by atoms with Gasteiger partial charge in [0.15, 0.2) is 0 Å². The number of aromatic nitrogens is 4. The molecule has 1 saturated carbocycles. The summed E-state index contributed by atoms with van der Waals surface area (Å²) in [5.41, 5.74) is 2.04. The van der Waals surface area contributed by atoms with Crippen LogP contribution in [0.3, 0.4) is 0 Å². The summed E-state index contributed by atoms with van der Waals surface area (Å²) in [5.74, 6) is 1.87. The Balaban J connectivity index is 1.60. The van der Waals surface area contributed by atoms with Gasteiger partial charge in [0.2, 0.25) is 5.95 Å². The van der Waals surface area contributed by atoms with Crippen molar-refractivity contribution in [1.29, 1.82) is 0 Å². The second-order valence-corrected chi connectivity index (χ2v) is 8.44. The van der Waals surface area contributed by atoms with E-state index < -0.39 is 4.92 Å². The van der Waals surface area contributed by atoms with Crippen LogP contribution in [0.2, 0.25) is 0 Å². The molecule has 10 heteroatoms. The van der Waals surface area contributed by atoms with Gasteiger partial charge in [0.1, 0.15) is 18.0 Å². The Morgan fingerprint density at radius 1 is 1.12 bits per heavy atom. The molecule has 0 unspecified atom stereocenters. The first-order valence-electron chi connectivity index (χ1n) is 11.8.